The van der Waals surface area contributed by atoms with Crippen LogP contribution in [0.15, 0.2) is 16.5 Å². The summed E-state index contributed by atoms with van der Waals surface area (Å²) >= 11 is 1.58. The van der Waals surface area contributed by atoms with Gasteiger partial charge >= 0.3 is 0 Å². The van der Waals surface area contributed by atoms with E-state index in [1.165, 1.54) is 4.88 Å². The second-order valence-electron chi connectivity index (χ2n) is 8.11. The highest BCUT2D eigenvalue weighted by Crippen LogP contribution is 2.40. The van der Waals surface area contributed by atoms with Gasteiger partial charge in [-0.05, 0) is 25.5 Å². The number of hydrogen-bond donors (Lipinski definition) is 0. The molecule has 0 atom stereocenters. The molecule has 27 heavy (non-hydrogen) atoms. The van der Waals surface area contributed by atoms with Crippen molar-refractivity contribution in [3.8, 4) is 11.3 Å². The van der Waals surface area contributed by atoms with Crippen molar-refractivity contribution in [2.75, 3.05) is 11.9 Å². The van der Waals surface area contributed by atoms with Gasteiger partial charge in [-0.25, -0.2) is 4.98 Å². The molecule has 0 fully saturated rings. The summed E-state index contributed by atoms with van der Waals surface area (Å²) in [5.74, 6) is 1.79. The van der Waals surface area contributed by atoms with Gasteiger partial charge in [0, 0.05) is 36.4 Å². The fraction of sp³-hybridized carbons (Fsp3) is 0.450. The average molecular weight is 385 g/mol. The van der Waals surface area contributed by atoms with Crippen molar-refractivity contribution >= 4 is 22.4 Å². The SMILES string of the molecule is Cc1cc2c(o1)CCc1sc(N(C)C(=O)c3cc(C(C)(C)C)nn3C)nc1-2. The van der Waals surface area contributed by atoms with Gasteiger partial charge in [-0.1, -0.05) is 20.8 Å². The normalized spacial score (nSPS) is 13.4. The maximum atomic E-state index is 13.1. The van der Waals surface area contributed by atoms with Gasteiger partial charge < -0.3 is 4.42 Å². The molecular weight excluding hydrogens is 360 g/mol. The van der Waals surface area contributed by atoms with Crippen molar-refractivity contribution < 1.29 is 9.21 Å². The Hall–Kier alpha value is -2.41. The molecule has 0 spiro atoms. The monoisotopic (exact) mass is 384 g/mol. The van der Waals surface area contributed by atoms with Crippen LogP contribution in [-0.2, 0) is 25.3 Å². The number of aryl methyl sites for hydroxylation is 4. The van der Waals surface area contributed by atoms with Gasteiger partial charge in [0.2, 0.25) is 0 Å². The summed E-state index contributed by atoms with van der Waals surface area (Å²) in [7, 11) is 3.58. The predicted octanol–water partition coefficient (Wildman–Crippen LogP) is 4.12. The Labute approximate surface area is 162 Å². The van der Waals surface area contributed by atoms with Crippen molar-refractivity contribution in [1.29, 1.82) is 0 Å². The van der Waals surface area contributed by atoms with Crippen molar-refractivity contribution in [1.82, 2.24) is 14.8 Å². The Kier molecular flexibility index (Phi) is 4.03. The molecule has 142 valence electrons. The molecule has 1 aliphatic rings. The van der Waals surface area contributed by atoms with E-state index < -0.39 is 0 Å². The Bertz CT molecular complexity index is 1040. The maximum Gasteiger partial charge on any atom is 0.278 e. The summed E-state index contributed by atoms with van der Waals surface area (Å²) in [5.41, 5.74) is 3.37. The smallest absolute Gasteiger partial charge is 0.278 e. The van der Waals surface area contributed by atoms with E-state index >= 15 is 0 Å². The Morgan fingerprint density at radius 2 is 2.04 bits per heavy atom. The molecule has 0 aliphatic heterocycles. The lowest BCUT2D eigenvalue weighted by molar-refractivity contribution is 0.0984. The summed E-state index contributed by atoms with van der Waals surface area (Å²) in [6.07, 6.45) is 1.78. The van der Waals surface area contributed by atoms with E-state index in [0.29, 0.717) is 10.8 Å². The van der Waals surface area contributed by atoms with E-state index in [-0.39, 0.29) is 11.3 Å². The first kappa shape index (κ1) is 18.0. The zero-order valence-corrected chi connectivity index (χ0v) is 17.4. The molecule has 0 aromatic carbocycles. The minimum atomic E-state index is -0.106. The fourth-order valence-corrected chi connectivity index (χ4v) is 4.36. The van der Waals surface area contributed by atoms with Crippen LogP contribution in [0.1, 0.15) is 53.4 Å². The minimum absolute atomic E-state index is 0.102. The summed E-state index contributed by atoms with van der Waals surface area (Å²) in [6.45, 7) is 8.22. The molecule has 0 saturated carbocycles. The molecule has 3 heterocycles. The van der Waals surface area contributed by atoms with Crippen molar-refractivity contribution in [2.45, 2.75) is 46.0 Å². The van der Waals surface area contributed by atoms with Crippen LogP contribution < -0.4 is 4.90 Å². The zero-order chi connectivity index (χ0) is 19.5. The van der Waals surface area contributed by atoms with E-state index in [0.717, 1.165) is 41.3 Å². The molecular formula is C20H24N4O2S. The van der Waals surface area contributed by atoms with Gasteiger partial charge in [-0.3, -0.25) is 14.4 Å². The largest absolute Gasteiger partial charge is 0.466 e. The molecule has 3 aromatic rings. The van der Waals surface area contributed by atoms with Gasteiger partial charge in [-0.15, -0.1) is 11.3 Å². The van der Waals surface area contributed by atoms with Gasteiger partial charge in [0.25, 0.3) is 5.91 Å². The zero-order valence-electron chi connectivity index (χ0n) is 16.6. The summed E-state index contributed by atoms with van der Waals surface area (Å²) in [4.78, 5) is 20.7. The molecule has 0 bridgehead atoms. The highest BCUT2D eigenvalue weighted by atomic mass is 32.1. The second kappa shape index (κ2) is 6.05. The van der Waals surface area contributed by atoms with Crippen LogP contribution in [0.2, 0.25) is 0 Å². The minimum Gasteiger partial charge on any atom is -0.466 e. The van der Waals surface area contributed by atoms with E-state index in [9.17, 15) is 4.79 Å². The number of furan rings is 1. The number of thiazole rings is 1. The molecule has 4 rings (SSSR count). The quantitative estimate of drug-likeness (QED) is 0.667. The van der Waals surface area contributed by atoms with Crippen LogP contribution in [0.4, 0.5) is 5.13 Å². The van der Waals surface area contributed by atoms with E-state index in [2.05, 4.69) is 25.9 Å². The third-order valence-corrected chi connectivity index (χ3v) is 6.10. The number of aromatic nitrogens is 3. The molecule has 0 saturated heterocycles. The number of rotatable bonds is 2. The average Bonchev–Trinajstić information content (AvgIpc) is 3.27. The van der Waals surface area contributed by atoms with E-state index in [1.54, 1.807) is 28.0 Å². The number of anilines is 1. The van der Waals surface area contributed by atoms with Crippen LogP contribution in [0.25, 0.3) is 11.3 Å². The Morgan fingerprint density at radius 1 is 1.30 bits per heavy atom. The molecule has 0 radical (unpaired) electrons. The molecule has 1 aliphatic carbocycles. The van der Waals surface area contributed by atoms with Crippen LogP contribution in [0.3, 0.4) is 0 Å². The lowest BCUT2D eigenvalue weighted by atomic mass is 9.92. The topological polar surface area (TPSA) is 64.2 Å². The second-order valence-corrected chi connectivity index (χ2v) is 9.18. The molecule has 0 N–H and O–H groups in total. The van der Waals surface area contributed by atoms with Crippen LogP contribution in [-0.4, -0.2) is 27.7 Å². The predicted molar refractivity (Wildman–Crippen MR) is 107 cm³/mol. The number of amides is 1. The van der Waals surface area contributed by atoms with Crippen molar-refractivity contribution in [3.63, 3.8) is 0 Å². The highest BCUT2D eigenvalue weighted by Gasteiger charge is 2.28. The number of hydrogen-bond acceptors (Lipinski definition) is 5. The molecule has 7 heteroatoms. The first-order valence-corrected chi connectivity index (χ1v) is 9.88. The maximum absolute atomic E-state index is 13.1. The molecule has 1 amide bonds. The number of carbonyl (C=O) groups is 1. The van der Waals surface area contributed by atoms with Gasteiger partial charge in [0.05, 0.1) is 11.4 Å². The Balaban J connectivity index is 1.67. The van der Waals surface area contributed by atoms with Crippen LogP contribution in [0.5, 0.6) is 0 Å². The molecule has 0 unspecified atom stereocenters. The lowest BCUT2D eigenvalue weighted by Gasteiger charge is -2.14. The number of nitrogens with zero attached hydrogens (tertiary/aromatic N) is 4. The summed E-state index contributed by atoms with van der Waals surface area (Å²) < 4.78 is 7.43. The highest BCUT2D eigenvalue weighted by molar-refractivity contribution is 7.16. The third kappa shape index (κ3) is 3.00. The number of fused-ring (bicyclic) bond motifs is 3. The van der Waals surface area contributed by atoms with Crippen molar-refractivity contribution in [3.05, 3.63) is 39.9 Å². The first-order chi connectivity index (χ1) is 12.6. The first-order valence-electron chi connectivity index (χ1n) is 9.07. The summed E-state index contributed by atoms with van der Waals surface area (Å²) in [5, 5.41) is 5.22. The van der Waals surface area contributed by atoms with Gasteiger partial charge in [-0.2, -0.15) is 5.10 Å². The molecule has 6 nitrogen and oxygen atoms in total. The van der Waals surface area contributed by atoms with Crippen LogP contribution in [0, 0.1) is 6.92 Å². The Morgan fingerprint density at radius 3 is 2.70 bits per heavy atom. The molecule has 3 aromatic heterocycles. The number of carbonyl (C=O) groups excluding carboxylic acids is 1. The fourth-order valence-electron chi connectivity index (χ4n) is 3.33. The van der Waals surface area contributed by atoms with E-state index in [1.807, 2.05) is 26.1 Å². The van der Waals surface area contributed by atoms with Gasteiger partial charge in [0.1, 0.15) is 17.2 Å². The van der Waals surface area contributed by atoms with Gasteiger partial charge in [0.15, 0.2) is 5.13 Å². The van der Waals surface area contributed by atoms with Crippen LogP contribution >= 0.6 is 11.3 Å². The summed E-state index contributed by atoms with van der Waals surface area (Å²) in [6, 6.07) is 3.92. The third-order valence-electron chi connectivity index (χ3n) is 4.91. The lowest BCUT2D eigenvalue weighted by Crippen LogP contribution is -2.28. The van der Waals surface area contributed by atoms with E-state index in [4.69, 9.17) is 9.40 Å². The van der Waals surface area contributed by atoms with Crippen molar-refractivity contribution in [2.24, 2.45) is 7.05 Å². The standard InChI is InChI=1S/C20H24N4O2S/c1-11-9-12-14(26-11)7-8-15-17(12)21-19(27-15)23(5)18(25)13-10-16(20(2,3)4)22-24(13)6/h9-10H,7-8H2,1-6H3.